The average Bonchev–Trinajstić information content (AvgIpc) is 2.91. The number of piperidine rings is 1. The Morgan fingerprint density at radius 3 is 2.84 bits per heavy atom. The van der Waals surface area contributed by atoms with Gasteiger partial charge in [0.25, 0.3) is 10.2 Å². The van der Waals surface area contributed by atoms with E-state index >= 15 is 0 Å². The Balaban J connectivity index is 1.80. The molecule has 25 heavy (non-hydrogen) atoms. The predicted octanol–water partition coefficient (Wildman–Crippen LogP) is 3.03. The van der Waals surface area contributed by atoms with Crippen LogP contribution in [0, 0.1) is 5.92 Å². The summed E-state index contributed by atoms with van der Waals surface area (Å²) < 4.78 is 29.1. The molecular weight excluding hydrogens is 384 g/mol. The highest BCUT2D eigenvalue weighted by Gasteiger charge is 2.34. The van der Waals surface area contributed by atoms with Gasteiger partial charge in [0.05, 0.1) is 17.5 Å². The number of benzene rings is 1. The molecule has 0 amide bonds. The molecule has 1 fully saturated rings. The molecule has 2 aromatic rings. The zero-order valence-corrected chi connectivity index (χ0v) is 16.1. The first-order valence-electron chi connectivity index (χ1n) is 7.91. The van der Waals surface area contributed by atoms with Crippen LogP contribution in [0.15, 0.2) is 24.3 Å². The largest absolute Gasteiger partial charge is 0.481 e. The van der Waals surface area contributed by atoms with E-state index in [9.17, 15) is 13.2 Å². The van der Waals surface area contributed by atoms with Crippen LogP contribution in [0.4, 0.5) is 0 Å². The van der Waals surface area contributed by atoms with E-state index in [2.05, 4.69) is 0 Å². The number of carboxylic acids is 1. The fourth-order valence-corrected chi connectivity index (χ4v) is 6.04. The lowest BCUT2D eigenvalue weighted by atomic mass is 10.0. The second-order valence-electron chi connectivity index (χ2n) is 6.13. The lowest BCUT2D eigenvalue weighted by Gasteiger charge is -2.32. The summed E-state index contributed by atoms with van der Waals surface area (Å²) in [6.07, 6.45) is 1.06. The molecule has 0 saturated carbocycles. The van der Waals surface area contributed by atoms with Crippen LogP contribution < -0.4 is 0 Å². The Hall–Kier alpha value is -1.19. The Morgan fingerprint density at radius 2 is 2.16 bits per heavy atom. The van der Waals surface area contributed by atoms with Gasteiger partial charge >= 0.3 is 5.97 Å². The monoisotopic (exact) mass is 402 g/mol. The van der Waals surface area contributed by atoms with Gasteiger partial charge in [-0.25, -0.2) is 0 Å². The van der Waals surface area contributed by atoms with Crippen molar-refractivity contribution in [3.63, 3.8) is 0 Å². The molecule has 1 aliphatic rings. The zero-order valence-electron chi connectivity index (χ0n) is 13.7. The summed E-state index contributed by atoms with van der Waals surface area (Å²) in [6.45, 7) is 0.521. The standard InChI is InChI=1S/C16H19ClN2O4S2/c1-18(10-14-15(17)12-6-2-3-7-13(12)24-14)25(22,23)19-8-4-5-11(9-19)16(20)21/h2-3,6-7,11H,4-5,8-10H2,1H3,(H,20,21). The molecule has 1 aromatic heterocycles. The summed E-state index contributed by atoms with van der Waals surface area (Å²) in [4.78, 5) is 12.0. The van der Waals surface area contributed by atoms with Gasteiger partial charge in [0.15, 0.2) is 0 Å². The summed E-state index contributed by atoms with van der Waals surface area (Å²) in [7, 11) is -2.23. The van der Waals surface area contributed by atoms with Gasteiger partial charge in [-0.05, 0) is 18.9 Å². The maximum absolute atomic E-state index is 12.8. The van der Waals surface area contributed by atoms with Crippen molar-refractivity contribution in [3.8, 4) is 0 Å². The summed E-state index contributed by atoms with van der Waals surface area (Å²) in [5.74, 6) is -1.60. The molecule has 2 heterocycles. The lowest BCUT2D eigenvalue weighted by molar-refractivity contribution is -0.142. The fourth-order valence-electron chi connectivity index (χ4n) is 3.00. The number of aliphatic carboxylic acids is 1. The summed E-state index contributed by atoms with van der Waals surface area (Å²) in [5, 5.41) is 10.7. The van der Waals surface area contributed by atoms with Crippen molar-refractivity contribution in [2.45, 2.75) is 19.4 Å². The van der Waals surface area contributed by atoms with E-state index in [1.165, 1.54) is 27.0 Å². The number of fused-ring (bicyclic) bond motifs is 1. The summed E-state index contributed by atoms with van der Waals surface area (Å²) in [5.41, 5.74) is 0. The van der Waals surface area contributed by atoms with Crippen LogP contribution >= 0.6 is 22.9 Å². The van der Waals surface area contributed by atoms with E-state index in [0.717, 1.165) is 15.0 Å². The molecular formula is C16H19ClN2O4S2. The first kappa shape index (κ1) is 18.6. The molecule has 0 aliphatic carbocycles. The molecule has 1 aromatic carbocycles. The van der Waals surface area contributed by atoms with E-state index in [-0.39, 0.29) is 13.1 Å². The van der Waals surface area contributed by atoms with Crippen LogP contribution in [0.3, 0.4) is 0 Å². The van der Waals surface area contributed by atoms with E-state index in [4.69, 9.17) is 16.7 Å². The minimum atomic E-state index is -3.73. The Bertz CT molecular complexity index is 897. The molecule has 0 spiro atoms. The molecule has 1 atom stereocenters. The number of carbonyl (C=O) groups is 1. The van der Waals surface area contributed by atoms with Crippen LogP contribution in [0.5, 0.6) is 0 Å². The predicted molar refractivity (Wildman–Crippen MR) is 99.2 cm³/mol. The van der Waals surface area contributed by atoms with Gasteiger partial charge in [0, 0.05) is 35.1 Å². The molecule has 1 unspecified atom stereocenters. The third-order valence-corrected chi connectivity index (χ3v) is 8.02. The molecule has 1 saturated heterocycles. The van der Waals surface area contributed by atoms with Gasteiger partial charge in [0.2, 0.25) is 0 Å². The lowest BCUT2D eigenvalue weighted by Crippen LogP contribution is -2.47. The van der Waals surface area contributed by atoms with E-state index in [0.29, 0.717) is 24.4 Å². The molecule has 3 rings (SSSR count). The Morgan fingerprint density at radius 1 is 1.44 bits per heavy atom. The van der Waals surface area contributed by atoms with Crippen LogP contribution in [0.25, 0.3) is 10.1 Å². The van der Waals surface area contributed by atoms with Crippen LogP contribution in [-0.2, 0) is 21.5 Å². The molecule has 9 heteroatoms. The average molecular weight is 403 g/mol. The Kier molecular flexibility index (Phi) is 5.36. The topological polar surface area (TPSA) is 77.9 Å². The van der Waals surface area contributed by atoms with Gasteiger partial charge in [-0.1, -0.05) is 29.8 Å². The van der Waals surface area contributed by atoms with Crippen LogP contribution in [0.1, 0.15) is 17.7 Å². The third-order valence-electron chi connectivity index (χ3n) is 4.42. The van der Waals surface area contributed by atoms with Gasteiger partial charge in [-0.2, -0.15) is 17.0 Å². The maximum Gasteiger partial charge on any atom is 0.307 e. The van der Waals surface area contributed by atoms with E-state index in [1.807, 2.05) is 24.3 Å². The number of nitrogens with zero attached hydrogens (tertiary/aromatic N) is 2. The van der Waals surface area contributed by atoms with Gasteiger partial charge in [-0.3, -0.25) is 4.79 Å². The van der Waals surface area contributed by atoms with Gasteiger partial charge < -0.3 is 5.11 Å². The highest BCUT2D eigenvalue weighted by molar-refractivity contribution is 7.86. The second-order valence-corrected chi connectivity index (χ2v) is 9.68. The van der Waals surface area contributed by atoms with Crippen molar-refractivity contribution in [2.24, 2.45) is 5.92 Å². The molecule has 6 nitrogen and oxygen atoms in total. The van der Waals surface area contributed by atoms with Crippen LogP contribution in [-0.4, -0.2) is 48.2 Å². The fraction of sp³-hybridized carbons (Fsp3) is 0.438. The SMILES string of the molecule is CN(Cc1sc2ccccc2c1Cl)S(=O)(=O)N1CCCC(C(=O)O)C1. The molecule has 1 aliphatic heterocycles. The van der Waals surface area contributed by atoms with Crippen molar-refractivity contribution in [1.29, 1.82) is 0 Å². The van der Waals surface area contributed by atoms with Gasteiger partial charge in [-0.15, -0.1) is 11.3 Å². The molecule has 136 valence electrons. The number of rotatable bonds is 5. The number of carboxylic acid groups (broad SMARTS) is 1. The van der Waals surface area contributed by atoms with Crippen molar-refractivity contribution in [3.05, 3.63) is 34.2 Å². The molecule has 0 radical (unpaired) electrons. The molecule has 1 N–H and O–H groups in total. The number of hydrogen-bond donors (Lipinski definition) is 1. The first-order valence-corrected chi connectivity index (χ1v) is 10.5. The maximum atomic E-state index is 12.8. The van der Waals surface area contributed by atoms with E-state index in [1.54, 1.807) is 0 Å². The van der Waals surface area contributed by atoms with Crippen molar-refractivity contribution in [1.82, 2.24) is 8.61 Å². The van der Waals surface area contributed by atoms with E-state index < -0.39 is 22.1 Å². The number of thiophene rings is 1. The minimum Gasteiger partial charge on any atom is -0.481 e. The smallest absolute Gasteiger partial charge is 0.307 e. The summed E-state index contributed by atoms with van der Waals surface area (Å²) in [6, 6.07) is 7.67. The number of hydrogen-bond acceptors (Lipinski definition) is 4. The first-order chi connectivity index (χ1) is 11.8. The third kappa shape index (κ3) is 3.68. The quantitative estimate of drug-likeness (QED) is 0.833. The Labute approximate surface area is 155 Å². The van der Waals surface area contributed by atoms with Crippen molar-refractivity contribution < 1.29 is 18.3 Å². The minimum absolute atomic E-state index is 0.0160. The van der Waals surface area contributed by atoms with Crippen molar-refractivity contribution in [2.75, 3.05) is 20.1 Å². The van der Waals surface area contributed by atoms with Gasteiger partial charge in [0.1, 0.15) is 0 Å². The van der Waals surface area contributed by atoms with Crippen molar-refractivity contribution >= 4 is 49.2 Å². The normalized spacial score (nSPS) is 19.6. The van der Waals surface area contributed by atoms with Crippen LogP contribution in [0.2, 0.25) is 5.02 Å². The highest BCUT2D eigenvalue weighted by atomic mass is 35.5. The zero-order chi connectivity index (χ0) is 18.2. The second kappa shape index (κ2) is 7.20. The number of halogens is 1. The molecule has 0 bridgehead atoms. The summed E-state index contributed by atoms with van der Waals surface area (Å²) >= 11 is 7.87. The highest BCUT2D eigenvalue weighted by Crippen LogP contribution is 2.36.